The quantitative estimate of drug-likeness (QED) is 0.647. The van der Waals surface area contributed by atoms with Crippen molar-refractivity contribution in [2.45, 2.75) is 20.3 Å². The van der Waals surface area contributed by atoms with E-state index in [0.717, 1.165) is 0 Å². The number of halogens is 2. The van der Waals surface area contributed by atoms with Crippen molar-refractivity contribution in [3.63, 3.8) is 0 Å². The molecule has 2 N–H and O–H groups in total. The van der Waals surface area contributed by atoms with Crippen molar-refractivity contribution in [1.82, 2.24) is 10.7 Å². The van der Waals surface area contributed by atoms with Crippen LogP contribution in [0.4, 0.5) is 0 Å². The van der Waals surface area contributed by atoms with E-state index < -0.39 is 5.91 Å². The van der Waals surface area contributed by atoms with Gasteiger partial charge in [-0.3, -0.25) is 9.59 Å². The lowest BCUT2D eigenvalue weighted by atomic mass is 10.2. The number of benzene rings is 1. The smallest absolute Gasteiger partial charge is 0.272 e. The van der Waals surface area contributed by atoms with E-state index >= 15 is 0 Å². The molecule has 0 heterocycles. The molecular weight excluding hydrogens is 301 g/mol. The highest BCUT2D eigenvalue weighted by atomic mass is 35.5. The Labute approximate surface area is 127 Å². The number of amides is 2. The Morgan fingerprint density at radius 1 is 1.30 bits per heavy atom. The molecule has 0 aliphatic rings. The number of nitrogens with one attached hydrogen (secondary N) is 2. The molecule has 20 heavy (non-hydrogen) atoms. The third-order valence-corrected chi connectivity index (χ3v) is 2.86. The zero-order valence-electron chi connectivity index (χ0n) is 11.2. The molecule has 7 heteroatoms. The summed E-state index contributed by atoms with van der Waals surface area (Å²) in [6, 6.07) is 4.55. The first-order valence-electron chi connectivity index (χ1n) is 5.99. The van der Waals surface area contributed by atoms with Crippen LogP contribution in [0.3, 0.4) is 0 Å². The molecule has 1 aromatic rings. The molecule has 0 saturated heterocycles. The zero-order valence-corrected chi connectivity index (χ0v) is 12.7. The van der Waals surface area contributed by atoms with Gasteiger partial charge in [-0.2, -0.15) is 5.10 Å². The SMILES string of the molecule is CCNC(=O)C/C(C)=N/NC(=O)c1ccc(Cl)cc1Cl. The largest absolute Gasteiger partial charge is 0.356 e. The summed E-state index contributed by atoms with van der Waals surface area (Å²) in [7, 11) is 0. The van der Waals surface area contributed by atoms with Gasteiger partial charge in [-0.25, -0.2) is 5.43 Å². The number of nitrogens with zero attached hydrogens (tertiary/aromatic N) is 1. The molecule has 0 saturated carbocycles. The number of carbonyl (C=O) groups is 2. The number of rotatable bonds is 5. The van der Waals surface area contributed by atoms with Crippen molar-refractivity contribution in [3.8, 4) is 0 Å². The van der Waals surface area contributed by atoms with Crippen LogP contribution in [0.5, 0.6) is 0 Å². The van der Waals surface area contributed by atoms with E-state index in [0.29, 0.717) is 17.3 Å². The Morgan fingerprint density at radius 2 is 2.00 bits per heavy atom. The summed E-state index contributed by atoms with van der Waals surface area (Å²) in [4.78, 5) is 23.2. The third kappa shape index (κ3) is 5.19. The van der Waals surface area contributed by atoms with Crippen LogP contribution >= 0.6 is 23.2 Å². The number of hydrazone groups is 1. The molecule has 2 amide bonds. The maximum Gasteiger partial charge on any atom is 0.272 e. The van der Waals surface area contributed by atoms with E-state index in [-0.39, 0.29) is 22.9 Å². The zero-order chi connectivity index (χ0) is 15.1. The van der Waals surface area contributed by atoms with Crippen molar-refractivity contribution in [2.24, 2.45) is 5.10 Å². The minimum absolute atomic E-state index is 0.127. The molecule has 1 rings (SSSR count). The summed E-state index contributed by atoms with van der Waals surface area (Å²) in [5, 5.41) is 7.18. The second kappa shape index (κ2) is 7.87. The normalized spacial score (nSPS) is 11.1. The molecule has 1 aromatic carbocycles. The second-order valence-electron chi connectivity index (χ2n) is 4.04. The molecular formula is C13H15Cl2N3O2. The average molecular weight is 316 g/mol. The minimum Gasteiger partial charge on any atom is -0.356 e. The van der Waals surface area contributed by atoms with Gasteiger partial charge in [-0.05, 0) is 32.0 Å². The molecule has 0 unspecified atom stereocenters. The molecule has 108 valence electrons. The summed E-state index contributed by atoms with van der Waals surface area (Å²) in [5.74, 6) is -0.602. The van der Waals surface area contributed by atoms with Crippen molar-refractivity contribution in [1.29, 1.82) is 0 Å². The van der Waals surface area contributed by atoms with Gasteiger partial charge in [0.05, 0.1) is 17.0 Å². The fraction of sp³-hybridized carbons (Fsp3) is 0.308. The molecule has 5 nitrogen and oxygen atoms in total. The molecule has 0 bridgehead atoms. The molecule has 0 fully saturated rings. The van der Waals surface area contributed by atoms with Gasteiger partial charge in [-0.1, -0.05) is 23.2 Å². The summed E-state index contributed by atoms with van der Waals surface area (Å²) in [6.45, 7) is 4.03. The summed E-state index contributed by atoms with van der Waals surface area (Å²) >= 11 is 11.7. The molecule has 0 aromatic heterocycles. The molecule has 0 spiro atoms. The lowest BCUT2D eigenvalue weighted by Gasteiger charge is -2.05. The van der Waals surface area contributed by atoms with Gasteiger partial charge in [0.25, 0.3) is 5.91 Å². The van der Waals surface area contributed by atoms with Crippen molar-refractivity contribution < 1.29 is 9.59 Å². The van der Waals surface area contributed by atoms with E-state index in [1.807, 2.05) is 6.92 Å². The minimum atomic E-state index is -0.457. The van der Waals surface area contributed by atoms with Crippen molar-refractivity contribution >= 4 is 40.7 Å². The highest BCUT2D eigenvalue weighted by Gasteiger charge is 2.10. The first-order chi connectivity index (χ1) is 9.43. The lowest BCUT2D eigenvalue weighted by molar-refractivity contribution is -0.119. The van der Waals surface area contributed by atoms with Gasteiger partial charge in [0.15, 0.2) is 0 Å². The van der Waals surface area contributed by atoms with Crippen LogP contribution in [0.1, 0.15) is 30.6 Å². The van der Waals surface area contributed by atoms with Crippen LogP contribution in [-0.2, 0) is 4.79 Å². The van der Waals surface area contributed by atoms with Crippen LogP contribution in [-0.4, -0.2) is 24.1 Å². The van der Waals surface area contributed by atoms with Gasteiger partial charge in [0.1, 0.15) is 0 Å². The molecule has 0 radical (unpaired) electrons. The first-order valence-corrected chi connectivity index (χ1v) is 6.75. The topological polar surface area (TPSA) is 70.6 Å². The first kappa shape index (κ1) is 16.5. The van der Waals surface area contributed by atoms with Gasteiger partial charge in [0.2, 0.25) is 5.91 Å². The van der Waals surface area contributed by atoms with E-state index in [2.05, 4.69) is 15.8 Å². The monoisotopic (exact) mass is 315 g/mol. The van der Waals surface area contributed by atoms with E-state index in [4.69, 9.17) is 23.2 Å². The molecule has 0 aliphatic carbocycles. The van der Waals surface area contributed by atoms with E-state index in [1.54, 1.807) is 13.0 Å². The maximum absolute atomic E-state index is 11.8. The van der Waals surface area contributed by atoms with Crippen LogP contribution in [0.2, 0.25) is 10.0 Å². The number of hydrogen-bond acceptors (Lipinski definition) is 3. The molecule has 0 atom stereocenters. The third-order valence-electron chi connectivity index (χ3n) is 2.31. The Morgan fingerprint density at radius 3 is 2.60 bits per heavy atom. The van der Waals surface area contributed by atoms with Crippen LogP contribution in [0.15, 0.2) is 23.3 Å². The van der Waals surface area contributed by atoms with Crippen LogP contribution < -0.4 is 10.7 Å². The van der Waals surface area contributed by atoms with Crippen molar-refractivity contribution in [2.75, 3.05) is 6.54 Å². The van der Waals surface area contributed by atoms with Crippen molar-refractivity contribution in [3.05, 3.63) is 33.8 Å². The summed E-state index contributed by atoms with van der Waals surface area (Å²) in [5.41, 5.74) is 3.11. The second-order valence-corrected chi connectivity index (χ2v) is 4.89. The fourth-order valence-electron chi connectivity index (χ4n) is 1.41. The van der Waals surface area contributed by atoms with Crippen LogP contribution in [0.25, 0.3) is 0 Å². The maximum atomic E-state index is 11.8. The van der Waals surface area contributed by atoms with E-state index in [1.165, 1.54) is 12.1 Å². The van der Waals surface area contributed by atoms with Crippen LogP contribution in [0, 0.1) is 0 Å². The molecule has 0 aliphatic heterocycles. The predicted molar refractivity (Wildman–Crippen MR) is 80.3 cm³/mol. The van der Waals surface area contributed by atoms with Gasteiger partial charge < -0.3 is 5.32 Å². The summed E-state index contributed by atoms with van der Waals surface area (Å²) in [6.07, 6.45) is 0.127. The number of carbonyl (C=O) groups excluding carboxylic acids is 2. The van der Waals surface area contributed by atoms with E-state index in [9.17, 15) is 9.59 Å². The summed E-state index contributed by atoms with van der Waals surface area (Å²) < 4.78 is 0. The Hall–Kier alpha value is -1.59. The highest BCUT2D eigenvalue weighted by Crippen LogP contribution is 2.20. The standard InChI is InChI=1S/C13H15Cl2N3O2/c1-3-16-12(19)6-8(2)17-18-13(20)10-5-4-9(14)7-11(10)15/h4-5,7H,3,6H2,1-2H3,(H,16,19)(H,18,20)/b17-8+. The highest BCUT2D eigenvalue weighted by molar-refractivity contribution is 6.36. The number of hydrogen-bond donors (Lipinski definition) is 2. The Balaban J connectivity index is 2.64. The predicted octanol–water partition coefficient (Wildman–Crippen LogP) is 2.63. The Bertz CT molecular complexity index is 544. The van der Waals surface area contributed by atoms with Gasteiger partial charge >= 0.3 is 0 Å². The fourth-order valence-corrected chi connectivity index (χ4v) is 1.91. The average Bonchev–Trinajstić information content (AvgIpc) is 2.36. The van der Waals surface area contributed by atoms with Gasteiger partial charge in [0, 0.05) is 17.3 Å². The Kier molecular flexibility index (Phi) is 6.48. The lowest BCUT2D eigenvalue weighted by Crippen LogP contribution is -2.26. The van der Waals surface area contributed by atoms with Gasteiger partial charge in [-0.15, -0.1) is 0 Å².